The van der Waals surface area contributed by atoms with Crippen molar-refractivity contribution in [1.29, 1.82) is 0 Å². The number of carbonyl (C=O) groups excluding carboxylic acids is 2. The van der Waals surface area contributed by atoms with Gasteiger partial charge >= 0.3 is 5.97 Å². The third-order valence-corrected chi connectivity index (χ3v) is 3.75. The molecule has 0 bridgehead atoms. The Hall–Kier alpha value is -3.12. The summed E-state index contributed by atoms with van der Waals surface area (Å²) in [6, 6.07) is 10.7. The van der Waals surface area contributed by atoms with Gasteiger partial charge in [-0.05, 0) is 23.8 Å². The lowest BCUT2D eigenvalue weighted by atomic mass is 10.1. The minimum absolute atomic E-state index is 0.00984. The van der Waals surface area contributed by atoms with Gasteiger partial charge in [-0.3, -0.25) is 4.79 Å². The van der Waals surface area contributed by atoms with E-state index in [-0.39, 0.29) is 23.5 Å². The Morgan fingerprint density at radius 1 is 1.29 bits per heavy atom. The SMILES string of the molecule is NC(Cc1c[nH]c2ccccc12)C(=O)Oc1cc(O)ccc1C=O. The molecule has 1 atom stereocenters. The molecule has 2 aromatic carbocycles. The zero-order chi connectivity index (χ0) is 17.1. The average molecular weight is 324 g/mol. The van der Waals surface area contributed by atoms with Gasteiger partial charge in [0.2, 0.25) is 0 Å². The fourth-order valence-corrected chi connectivity index (χ4v) is 2.51. The lowest BCUT2D eigenvalue weighted by Crippen LogP contribution is -2.36. The van der Waals surface area contributed by atoms with Crippen molar-refractivity contribution in [3.8, 4) is 11.5 Å². The summed E-state index contributed by atoms with van der Waals surface area (Å²) in [4.78, 5) is 26.3. The fraction of sp³-hybridized carbons (Fsp3) is 0.111. The van der Waals surface area contributed by atoms with E-state index in [1.54, 1.807) is 0 Å². The van der Waals surface area contributed by atoms with Gasteiger partial charge in [-0.1, -0.05) is 18.2 Å². The lowest BCUT2D eigenvalue weighted by molar-refractivity contribution is -0.135. The first-order chi connectivity index (χ1) is 11.6. The van der Waals surface area contributed by atoms with Crippen molar-refractivity contribution in [1.82, 2.24) is 4.98 Å². The van der Waals surface area contributed by atoms with Crippen molar-refractivity contribution in [2.24, 2.45) is 5.73 Å². The number of hydrogen-bond acceptors (Lipinski definition) is 5. The van der Waals surface area contributed by atoms with E-state index in [0.717, 1.165) is 16.5 Å². The van der Waals surface area contributed by atoms with Crippen LogP contribution in [0.3, 0.4) is 0 Å². The smallest absolute Gasteiger partial charge is 0.328 e. The second-order valence-corrected chi connectivity index (χ2v) is 5.43. The Balaban J connectivity index is 1.76. The number of ether oxygens (including phenoxy) is 1. The van der Waals surface area contributed by atoms with Gasteiger partial charge in [0.25, 0.3) is 0 Å². The highest BCUT2D eigenvalue weighted by Gasteiger charge is 2.20. The number of hydrogen-bond donors (Lipinski definition) is 3. The highest BCUT2D eigenvalue weighted by atomic mass is 16.5. The first-order valence-electron chi connectivity index (χ1n) is 7.39. The summed E-state index contributed by atoms with van der Waals surface area (Å²) in [5.74, 6) is -0.785. The number of rotatable bonds is 5. The molecule has 0 fully saturated rings. The molecular formula is C18H16N2O4. The minimum Gasteiger partial charge on any atom is -0.508 e. The number of para-hydroxylation sites is 1. The van der Waals surface area contributed by atoms with Crippen LogP contribution < -0.4 is 10.5 Å². The van der Waals surface area contributed by atoms with Crippen LogP contribution in [0.5, 0.6) is 11.5 Å². The van der Waals surface area contributed by atoms with Crippen molar-refractivity contribution < 1.29 is 19.4 Å². The van der Waals surface area contributed by atoms with Gasteiger partial charge in [0, 0.05) is 29.6 Å². The van der Waals surface area contributed by atoms with Gasteiger partial charge in [-0.15, -0.1) is 0 Å². The van der Waals surface area contributed by atoms with Crippen molar-refractivity contribution in [2.75, 3.05) is 0 Å². The Morgan fingerprint density at radius 2 is 2.08 bits per heavy atom. The summed E-state index contributed by atoms with van der Waals surface area (Å²) in [5.41, 5.74) is 7.97. The average Bonchev–Trinajstić information content (AvgIpc) is 2.98. The van der Waals surface area contributed by atoms with Gasteiger partial charge in [0.05, 0.1) is 5.56 Å². The Kier molecular flexibility index (Phi) is 4.31. The number of benzene rings is 2. The number of nitrogens with two attached hydrogens (primary N) is 1. The fourth-order valence-electron chi connectivity index (χ4n) is 2.51. The quantitative estimate of drug-likeness (QED) is 0.379. The van der Waals surface area contributed by atoms with Gasteiger partial charge in [-0.25, -0.2) is 4.79 Å². The molecule has 0 radical (unpaired) electrons. The Morgan fingerprint density at radius 3 is 2.88 bits per heavy atom. The third kappa shape index (κ3) is 3.13. The molecule has 0 aliphatic carbocycles. The topological polar surface area (TPSA) is 105 Å². The Labute approximate surface area is 137 Å². The maximum Gasteiger partial charge on any atom is 0.328 e. The van der Waals surface area contributed by atoms with Crippen LogP contribution in [0, 0.1) is 0 Å². The number of phenols is 1. The van der Waals surface area contributed by atoms with E-state index in [0.29, 0.717) is 6.29 Å². The van der Waals surface area contributed by atoms with E-state index in [2.05, 4.69) is 4.98 Å². The number of aldehydes is 1. The molecule has 0 aliphatic heterocycles. The summed E-state index contributed by atoms with van der Waals surface area (Å²) in [6.07, 6.45) is 2.65. The van der Waals surface area contributed by atoms with Gasteiger partial charge in [-0.2, -0.15) is 0 Å². The van der Waals surface area contributed by atoms with Gasteiger partial charge in [0.15, 0.2) is 6.29 Å². The van der Waals surface area contributed by atoms with E-state index < -0.39 is 12.0 Å². The molecule has 0 saturated carbocycles. The number of aromatic hydroxyl groups is 1. The van der Waals surface area contributed by atoms with Crippen molar-refractivity contribution in [2.45, 2.75) is 12.5 Å². The second-order valence-electron chi connectivity index (χ2n) is 5.43. The number of phenolic OH excluding ortho intramolecular Hbond substituents is 1. The molecule has 24 heavy (non-hydrogen) atoms. The van der Waals surface area contributed by atoms with Crippen LogP contribution in [0.15, 0.2) is 48.7 Å². The molecule has 0 saturated heterocycles. The van der Waals surface area contributed by atoms with Crippen molar-refractivity contribution >= 4 is 23.2 Å². The maximum atomic E-state index is 12.2. The molecule has 3 aromatic rings. The minimum atomic E-state index is -0.897. The zero-order valence-electron chi connectivity index (χ0n) is 12.7. The Bertz CT molecular complexity index is 901. The summed E-state index contributed by atoms with van der Waals surface area (Å²) in [5, 5.41) is 10.5. The predicted octanol–water partition coefficient (Wildman–Crippen LogP) is 2.16. The maximum absolute atomic E-state index is 12.2. The van der Waals surface area contributed by atoms with Crippen LogP contribution in [0.1, 0.15) is 15.9 Å². The summed E-state index contributed by atoms with van der Waals surface area (Å²) in [7, 11) is 0. The van der Waals surface area contributed by atoms with Gasteiger partial charge in [0.1, 0.15) is 17.5 Å². The number of carbonyl (C=O) groups is 2. The highest BCUT2D eigenvalue weighted by Crippen LogP contribution is 2.24. The predicted molar refractivity (Wildman–Crippen MR) is 89.1 cm³/mol. The standard InChI is InChI=1S/C18H16N2O4/c19-15(7-12-9-20-16-4-2-1-3-14(12)16)18(23)24-17-8-13(22)6-5-11(17)10-21/h1-6,8-10,15,20,22H,7,19H2. The van der Waals surface area contributed by atoms with E-state index >= 15 is 0 Å². The van der Waals surface area contributed by atoms with Crippen LogP contribution in [0.2, 0.25) is 0 Å². The van der Waals surface area contributed by atoms with Crippen molar-refractivity contribution in [3.05, 3.63) is 59.8 Å². The number of aromatic nitrogens is 1. The molecule has 1 unspecified atom stereocenters. The van der Waals surface area contributed by atoms with E-state index in [4.69, 9.17) is 10.5 Å². The number of aromatic amines is 1. The normalized spacial score (nSPS) is 12.0. The van der Waals surface area contributed by atoms with E-state index in [9.17, 15) is 14.7 Å². The van der Waals surface area contributed by atoms with Crippen molar-refractivity contribution in [3.63, 3.8) is 0 Å². The molecule has 3 rings (SSSR count). The van der Waals surface area contributed by atoms with Crippen LogP contribution in [0.4, 0.5) is 0 Å². The molecule has 6 heteroatoms. The molecule has 0 spiro atoms. The molecule has 0 amide bonds. The van der Waals surface area contributed by atoms with Crippen LogP contribution in [-0.2, 0) is 11.2 Å². The first-order valence-corrected chi connectivity index (χ1v) is 7.39. The third-order valence-electron chi connectivity index (χ3n) is 3.75. The number of nitrogens with one attached hydrogen (secondary N) is 1. The molecule has 1 heterocycles. The molecule has 122 valence electrons. The van der Waals surface area contributed by atoms with Crippen LogP contribution >= 0.6 is 0 Å². The molecule has 4 N–H and O–H groups in total. The molecular weight excluding hydrogens is 308 g/mol. The largest absolute Gasteiger partial charge is 0.508 e. The molecule has 6 nitrogen and oxygen atoms in total. The van der Waals surface area contributed by atoms with Crippen LogP contribution in [-0.4, -0.2) is 28.4 Å². The lowest BCUT2D eigenvalue weighted by Gasteiger charge is -2.12. The molecule has 1 aromatic heterocycles. The van der Waals surface area contributed by atoms with E-state index in [1.807, 2.05) is 30.5 Å². The number of esters is 1. The summed E-state index contributed by atoms with van der Waals surface area (Å²) < 4.78 is 5.17. The highest BCUT2D eigenvalue weighted by molar-refractivity contribution is 5.86. The van der Waals surface area contributed by atoms with E-state index in [1.165, 1.54) is 18.2 Å². The number of fused-ring (bicyclic) bond motifs is 1. The van der Waals surface area contributed by atoms with Gasteiger partial charge < -0.3 is 20.6 Å². The first kappa shape index (κ1) is 15.8. The number of H-pyrrole nitrogens is 1. The molecule has 0 aliphatic rings. The second kappa shape index (κ2) is 6.55. The summed E-state index contributed by atoms with van der Waals surface area (Å²) >= 11 is 0. The monoisotopic (exact) mass is 324 g/mol. The zero-order valence-corrected chi connectivity index (χ0v) is 12.7. The summed E-state index contributed by atoms with van der Waals surface area (Å²) in [6.45, 7) is 0. The van der Waals surface area contributed by atoms with Crippen LogP contribution in [0.25, 0.3) is 10.9 Å².